The summed E-state index contributed by atoms with van der Waals surface area (Å²) < 4.78 is 0. The number of amides is 1. The first kappa shape index (κ1) is 19.6. The molecule has 2 heterocycles. The van der Waals surface area contributed by atoms with Gasteiger partial charge >= 0.3 is 0 Å². The van der Waals surface area contributed by atoms with Gasteiger partial charge in [-0.1, -0.05) is 24.6 Å². The summed E-state index contributed by atoms with van der Waals surface area (Å²) in [5, 5.41) is 3.94. The van der Waals surface area contributed by atoms with E-state index in [1.807, 2.05) is 24.5 Å². The Bertz CT molecular complexity index is 974. The fourth-order valence-corrected chi connectivity index (χ4v) is 5.22. The van der Waals surface area contributed by atoms with E-state index in [9.17, 15) is 4.79 Å². The summed E-state index contributed by atoms with van der Waals surface area (Å²) in [5.74, 6) is 0.972. The number of hydrogen-bond acceptors (Lipinski definition) is 4. The minimum atomic E-state index is -0.770. The van der Waals surface area contributed by atoms with Gasteiger partial charge in [0.05, 0.1) is 12.4 Å². The van der Waals surface area contributed by atoms with Crippen LogP contribution in [0, 0.1) is 5.92 Å². The second kappa shape index (κ2) is 7.69. The van der Waals surface area contributed by atoms with Gasteiger partial charge in [0.2, 0.25) is 0 Å². The van der Waals surface area contributed by atoms with E-state index < -0.39 is 5.54 Å². The molecule has 1 amide bonds. The lowest BCUT2D eigenvalue weighted by Gasteiger charge is -2.43. The number of aromatic nitrogens is 1. The van der Waals surface area contributed by atoms with Crippen LogP contribution in [0.2, 0.25) is 5.02 Å². The Balaban J connectivity index is 1.41. The molecule has 1 saturated carbocycles. The molecule has 0 bridgehead atoms. The number of carbonyl (C=O) groups excluding carboxylic acids is 1. The summed E-state index contributed by atoms with van der Waals surface area (Å²) >= 11 is 6.31. The molecule has 1 aromatic heterocycles. The number of nitrogens with zero attached hydrogens (tertiary/aromatic N) is 3. The smallest absolute Gasteiger partial charge is 0.250 e. The van der Waals surface area contributed by atoms with Crippen LogP contribution in [-0.4, -0.2) is 40.8 Å². The van der Waals surface area contributed by atoms with Crippen LogP contribution >= 0.6 is 11.6 Å². The van der Waals surface area contributed by atoms with E-state index in [2.05, 4.69) is 34.3 Å². The predicted molar refractivity (Wildman–Crippen MR) is 119 cm³/mol. The maximum absolute atomic E-state index is 13.6. The Morgan fingerprint density at radius 1 is 1.23 bits per heavy atom. The third-order valence-corrected chi connectivity index (χ3v) is 6.95. The topological polar surface area (TPSA) is 57.6 Å². The van der Waals surface area contributed by atoms with Gasteiger partial charge in [-0.15, -0.1) is 0 Å². The summed E-state index contributed by atoms with van der Waals surface area (Å²) in [5.41, 5.74) is 2.84. The summed E-state index contributed by atoms with van der Waals surface area (Å²) in [6, 6.07) is 10.0. The zero-order valence-corrected chi connectivity index (χ0v) is 18.0. The predicted octanol–water partition coefficient (Wildman–Crippen LogP) is 4.13. The van der Waals surface area contributed by atoms with Crippen LogP contribution in [0.25, 0.3) is 0 Å². The molecule has 2 aromatic rings. The van der Waals surface area contributed by atoms with Crippen molar-refractivity contribution < 1.29 is 4.79 Å². The van der Waals surface area contributed by atoms with Crippen molar-refractivity contribution in [1.29, 1.82) is 0 Å². The van der Waals surface area contributed by atoms with E-state index >= 15 is 0 Å². The summed E-state index contributed by atoms with van der Waals surface area (Å²) in [6.07, 6.45) is 9.53. The van der Waals surface area contributed by atoms with E-state index in [-0.39, 0.29) is 17.9 Å². The van der Waals surface area contributed by atoms with Crippen LogP contribution in [0.15, 0.2) is 47.7 Å². The van der Waals surface area contributed by atoms with Gasteiger partial charge in [-0.05, 0) is 78.5 Å². The molecular formula is C24H27ClN4O. The highest BCUT2D eigenvalue weighted by atomic mass is 35.5. The van der Waals surface area contributed by atoms with Gasteiger partial charge in [0.25, 0.3) is 5.91 Å². The van der Waals surface area contributed by atoms with Gasteiger partial charge in [0.1, 0.15) is 0 Å². The lowest BCUT2D eigenvalue weighted by Crippen LogP contribution is -2.54. The summed E-state index contributed by atoms with van der Waals surface area (Å²) in [6.45, 7) is 3.74. The number of benzene rings is 1. The molecule has 0 spiro atoms. The molecule has 3 atom stereocenters. The maximum Gasteiger partial charge on any atom is 0.250 e. The molecule has 2 aliphatic carbocycles. The molecule has 3 aliphatic rings. The number of aliphatic imine (C=N–C) groups is 1. The van der Waals surface area contributed by atoms with E-state index in [4.69, 9.17) is 16.6 Å². The minimum absolute atomic E-state index is 0.0311. The molecule has 0 saturated heterocycles. The standard InChI is InChI=1S/C24H27ClN4O/c1-16-13-24(23(30)27-11-8-17-6-9-26-10-7-17)22(20-5-4-19(25)12-21(16)20)29(15-28-24)14-18-2-3-18/h4-7,9-10,12,15-16,18,22H,2-3,8,11,13-14H2,1H3,(H,27,30)/t16?,22-,24+/m0/s1. The van der Waals surface area contributed by atoms with E-state index in [0.29, 0.717) is 13.0 Å². The zero-order valence-electron chi connectivity index (χ0n) is 17.2. The third kappa shape index (κ3) is 3.49. The maximum atomic E-state index is 13.6. The number of halogens is 1. The number of fused-ring (bicyclic) bond motifs is 3. The summed E-state index contributed by atoms with van der Waals surface area (Å²) in [4.78, 5) is 24.8. The van der Waals surface area contributed by atoms with Crippen LogP contribution in [0.1, 0.15) is 54.8 Å². The van der Waals surface area contributed by atoms with Crippen molar-refractivity contribution in [2.45, 2.75) is 50.1 Å². The number of carbonyl (C=O) groups is 1. The molecule has 6 heteroatoms. The van der Waals surface area contributed by atoms with Crippen molar-refractivity contribution in [2.24, 2.45) is 10.9 Å². The first-order valence-corrected chi connectivity index (χ1v) is 11.2. The SMILES string of the molecule is CC1C[C@@]2(C(=O)NCCc3ccncc3)N=CN(CC3CC3)[C@H]2c2ccc(Cl)cc21. The van der Waals surface area contributed by atoms with Crippen LogP contribution in [0.4, 0.5) is 0 Å². The van der Waals surface area contributed by atoms with Gasteiger partial charge in [-0.3, -0.25) is 14.8 Å². The highest BCUT2D eigenvalue weighted by Crippen LogP contribution is 2.52. The molecule has 0 radical (unpaired) electrons. The lowest BCUT2D eigenvalue weighted by molar-refractivity contribution is -0.128. The third-order valence-electron chi connectivity index (χ3n) is 6.72. The van der Waals surface area contributed by atoms with Crippen molar-refractivity contribution in [2.75, 3.05) is 13.1 Å². The highest BCUT2D eigenvalue weighted by Gasteiger charge is 2.56. The first-order chi connectivity index (χ1) is 14.6. The number of rotatable bonds is 6. The number of nitrogens with one attached hydrogen (secondary N) is 1. The normalized spacial score (nSPS) is 26.9. The van der Waals surface area contributed by atoms with Crippen LogP contribution < -0.4 is 5.32 Å². The van der Waals surface area contributed by atoms with E-state index in [1.165, 1.54) is 29.5 Å². The average Bonchev–Trinajstić information content (AvgIpc) is 3.49. The van der Waals surface area contributed by atoms with Crippen molar-refractivity contribution in [3.63, 3.8) is 0 Å². The summed E-state index contributed by atoms with van der Waals surface area (Å²) in [7, 11) is 0. The molecule has 1 aliphatic heterocycles. The van der Waals surface area contributed by atoms with Crippen molar-refractivity contribution in [3.05, 3.63) is 64.4 Å². The molecule has 1 unspecified atom stereocenters. The average molecular weight is 423 g/mol. The Kier molecular flexibility index (Phi) is 5.02. The second-order valence-corrected chi connectivity index (χ2v) is 9.39. The molecule has 5 rings (SSSR count). The van der Waals surface area contributed by atoms with Gasteiger partial charge < -0.3 is 10.2 Å². The monoisotopic (exact) mass is 422 g/mol. The van der Waals surface area contributed by atoms with E-state index in [1.54, 1.807) is 12.4 Å². The Labute approximate surface area is 182 Å². The van der Waals surface area contributed by atoms with Crippen LogP contribution in [-0.2, 0) is 11.2 Å². The van der Waals surface area contributed by atoms with Crippen molar-refractivity contribution in [1.82, 2.24) is 15.2 Å². The molecule has 156 valence electrons. The number of hydrogen-bond donors (Lipinski definition) is 1. The van der Waals surface area contributed by atoms with Crippen molar-refractivity contribution in [3.8, 4) is 0 Å². The highest BCUT2D eigenvalue weighted by molar-refractivity contribution is 6.30. The van der Waals surface area contributed by atoms with Gasteiger partial charge in [0.15, 0.2) is 5.54 Å². The first-order valence-electron chi connectivity index (χ1n) is 10.8. The zero-order chi connectivity index (χ0) is 20.7. The molecule has 1 N–H and O–H groups in total. The molecular weight excluding hydrogens is 396 g/mol. The van der Waals surface area contributed by atoms with E-state index in [0.717, 1.165) is 23.9 Å². The van der Waals surface area contributed by atoms with Crippen LogP contribution in [0.3, 0.4) is 0 Å². The Morgan fingerprint density at radius 2 is 2.03 bits per heavy atom. The quantitative estimate of drug-likeness (QED) is 0.761. The molecule has 1 fully saturated rings. The Morgan fingerprint density at radius 3 is 2.80 bits per heavy atom. The molecule has 1 aromatic carbocycles. The van der Waals surface area contributed by atoms with Gasteiger partial charge in [0, 0.05) is 30.5 Å². The largest absolute Gasteiger partial charge is 0.354 e. The fourth-order valence-electron chi connectivity index (χ4n) is 5.04. The minimum Gasteiger partial charge on any atom is -0.354 e. The molecule has 30 heavy (non-hydrogen) atoms. The van der Waals surface area contributed by atoms with Crippen molar-refractivity contribution >= 4 is 23.8 Å². The fraction of sp³-hybridized carbons (Fsp3) is 0.458. The number of pyridine rings is 1. The Hall–Kier alpha value is -2.40. The lowest BCUT2D eigenvalue weighted by atomic mass is 9.69. The van der Waals surface area contributed by atoms with Crippen LogP contribution in [0.5, 0.6) is 0 Å². The van der Waals surface area contributed by atoms with Gasteiger partial charge in [-0.25, -0.2) is 0 Å². The van der Waals surface area contributed by atoms with Gasteiger partial charge in [-0.2, -0.15) is 0 Å². The second-order valence-electron chi connectivity index (χ2n) is 8.95. The molecule has 5 nitrogen and oxygen atoms in total.